The summed E-state index contributed by atoms with van der Waals surface area (Å²) < 4.78 is 0. The van der Waals surface area contributed by atoms with Crippen LogP contribution in [0.5, 0.6) is 0 Å². The molecule has 0 bridgehead atoms. The topological polar surface area (TPSA) is 240 Å². The zero-order valence-electron chi connectivity index (χ0n) is 32.4. The first-order valence-electron chi connectivity index (χ1n) is 18.5. The molecule has 300 valence electrons. The number of aryl methyl sites for hydroxylation is 1. The van der Waals surface area contributed by atoms with Crippen molar-refractivity contribution < 1.29 is 48.6 Å². The smallest absolute Gasteiger partial charge is 0.326 e. The van der Waals surface area contributed by atoms with Gasteiger partial charge in [-0.05, 0) is 48.5 Å². The molecule has 16 heteroatoms. The quantitative estimate of drug-likeness (QED) is 0.101. The molecule has 0 aliphatic carbocycles. The first-order valence-corrected chi connectivity index (χ1v) is 18.5. The summed E-state index contributed by atoms with van der Waals surface area (Å²) in [5.41, 5.74) is 0.178. The van der Waals surface area contributed by atoms with E-state index in [2.05, 4.69) is 26.6 Å². The molecular formula is C38H58N6O10. The largest absolute Gasteiger partial charge is 0.481 e. The van der Waals surface area contributed by atoms with Gasteiger partial charge in [-0.1, -0.05) is 78.8 Å². The van der Waals surface area contributed by atoms with E-state index < -0.39 is 95.9 Å². The van der Waals surface area contributed by atoms with Crippen LogP contribution in [0.4, 0.5) is 0 Å². The minimum absolute atomic E-state index is 0.0353. The molecule has 0 spiro atoms. The molecule has 1 aliphatic rings. The zero-order chi connectivity index (χ0) is 40.7. The molecule has 1 aromatic carbocycles. The lowest BCUT2D eigenvalue weighted by Crippen LogP contribution is -2.61. The number of hydrogen-bond acceptors (Lipinski definition) is 8. The van der Waals surface area contributed by atoms with Crippen LogP contribution in [0.25, 0.3) is 0 Å². The van der Waals surface area contributed by atoms with Crippen molar-refractivity contribution >= 4 is 47.4 Å². The number of rotatable bonds is 20. The van der Waals surface area contributed by atoms with E-state index in [0.717, 1.165) is 18.4 Å². The van der Waals surface area contributed by atoms with Gasteiger partial charge >= 0.3 is 11.9 Å². The van der Waals surface area contributed by atoms with Gasteiger partial charge in [-0.25, -0.2) is 4.79 Å². The fourth-order valence-corrected chi connectivity index (χ4v) is 5.95. The second-order valence-electron chi connectivity index (χ2n) is 15.6. The number of amides is 6. The predicted molar refractivity (Wildman–Crippen MR) is 198 cm³/mol. The van der Waals surface area contributed by atoms with Gasteiger partial charge in [0, 0.05) is 19.5 Å². The molecule has 1 saturated heterocycles. The maximum atomic E-state index is 13.9. The van der Waals surface area contributed by atoms with Crippen LogP contribution in [0.15, 0.2) is 30.3 Å². The average Bonchev–Trinajstić information content (AvgIpc) is 3.62. The van der Waals surface area contributed by atoms with Gasteiger partial charge in [0.2, 0.25) is 35.4 Å². The first-order chi connectivity index (χ1) is 25.2. The van der Waals surface area contributed by atoms with E-state index in [9.17, 15) is 48.6 Å². The van der Waals surface area contributed by atoms with Crippen LogP contribution in [-0.2, 0) is 44.8 Å². The number of aliphatic carboxylic acids is 2. The zero-order valence-corrected chi connectivity index (χ0v) is 32.4. The van der Waals surface area contributed by atoms with Crippen LogP contribution in [0.2, 0.25) is 0 Å². The van der Waals surface area contributed by atoms with Crippen molar-refractivity contribution in [2.24, 2.45) is 17.3 Å². The van der Waals surface area contributed by atoms with Crippen LogP contribution in [0, 0.1) is 17.3 Å². The lowest BCUT2D eigenvalue weighted by Gasteiger charge is -2.33. The SMILES string of the molecule is CC(C)C[C@H](NC(=O)[C@H](CC(=O)O)NC(=O)[C@H](CC(=O)N1CCCC1)NC(=O)[C@@H](NC(=O)[C@@H](NC(=O)CCc1ccccc1)C(C)(C)C)C(C)C)C(=O)O. The van der Waals surface area contributed by atoms with Crippen LogP contribution >= 0.6 is 0 Å². The van der Waals surface area contributed by atoms with Gasteiger partial charge in [-0.3, -0.25) is 33.6 Å². The second kappa shape index (κ2) is 21.0. The Balaban J connectivity index is 2.30. The summed E-state index contributed by atoms with van der Waals surface area (Å²) in [7, 11) is 0. The Bertz CT molecular complexity index is 1490. The number of hydrogen-bond donors (Lipinski definition) is 7. The Morgan fingerprint density at radius 1 is 0.704 bits per heavy atom. The lowest BCUT2D eigenvalue weighted by atomic mass is 9.85. The van der Waals surface area contributed by atoms with E-state index in [1.807, 2.05) is 30.3 Å². The molecular weight excluding hydrogens is 700 g/mol. The Morgan fingerprint density at radius 3 is 1.74 bits per heavy atom. The Hall–Kier alpha value is -5.02. The summed E-state index contributed by atoms with van der Waals surface area (Å²) in [6.45, 7) is 12.9. The Morgan fingerprint density at radius 2 is 1.24 bits per heavy atom. The molecule has 0 aromatic heterocycles. The van der Waals surface area contributed by atoms with E-state index in [4.69, 9.17) is 0 Å². The van der Waals surface area contributed by atoms with Crippen molar-refractivity contribution in [3.8, 4) is 0 Å². The van der Waals surface area contributed by atoms with E-state index in [-0.39, 0.29) is 24.7 Å². The molecule has 1 aromatic rings. The van der Waals surface area contributed by atoms with Crippen molar-refractivity contribution in [1.29, 1.82) is 0 Å². The third kappa shape index (κ3) is 15.1. The fraction of sp³-hybridized carbons (Fsp3) is 0.632. The van der Waals surface area contributed by atoms with E-state index in [1.165, 1.54) is 4.90 Å². The Labute approximate surface area is 316 Å². The summed E-state index contributed by atoms with van der Waals surface area (Å²) in [5, 5.41) is 31.7. The molecule has 1 fully saturated rings. The minimum atomic E-state index is -1.75. The van der Waals surface area contributed by atoms with Gasteiger partial charge in [-0.15, -0.1) is 0 Å². The van der Waals surface area contributed by atoms with Crippen LogP contribution in [0.1, 0.15) is 92.6 Å². The molecule has 7 N–H and O–H groups in total. The highest BCUT2D eigenvalue weighted by atomic mass is 16.4. The highest BCUT2D eigenvalue weighted by Crippen LogP contribution is 2.21. The van der Waals surface area contributed by atoms with Crippen molar-refractivity contribution in [3.63, 3.8) is 0 Å². The molecule has 54 heavy (non-hydrogen) atoms. The standard InChI is InChI=1S/C38H58N6O10/c1-22(2)19-27(37(53)54)41-34(50)26(21-30(47)48)39-33(49)25(20-29(46)44-17-11-12-18-44)40-35(51)31(23(3)4)43-36(52)32(38(5,6)7)42-28(45)16-15-24-13-9-8-10-14-24/h8-10,13-14,22-23,25-27,31-32H,11-12,15-21H2,1-7H3,(H,39,49)(H,40,51)(H,41,50)(H,42,45)(H,43,52)(H,47,48)(H,53,54)/t25-,26-,27-,31-,32+/m0/s1. The highest BCUT2D eigenvalue weighted by molar-refractivity contribution is 5.98. The van der Waals surface area contributed by atoms with Gasteiger partial charge in [0.15, 0.2) is 0 Å². The highest BCUT2D eigenvalue weighted by Gasteiger charge is 2.38. The number of carboxylic acids is 2. The molecule has 1 heterocycles. The maximum Gasteiger partial charge on any atom is 0.326 e. The number of benzene rings is 1. The van der Waals surface area contributed by atoms with E-state index in [0.29, 0.717) is 19.5 Å². The molecule has 0 saturated carbocycles. The minimum Gasteiger partial charge on any atom is -0.481 e. The van der Waals surface area contributed by atoms with Crippen molar-refractivity contribution in [2.75, 3.05) is 13.1 Å². The molecule has 0 radical (unpaired) electrons. The second-order valence-corrected chi connectivity index (χ2v) is 15.6. The summed E-state index contributed by atoms with van der Waals surface area (Å²) in [5.74, 6) is -7.93. The van der Waals surface area contributed by atoms with Gasteiger partial charge in [0.25, 0.3) is 0 Å². The summed E-state index contributed by atoms with van der Waals surface area (Å²) in [4.78, 5) is 106. The summed E-state index contributed by atoms with van der Waals surface area (Å²) in [6, 6.07) is 2.38. The molecule has 0 unspecified atom stereocenters. The van der Waals surface area contributed by atoms with Gasteiger partial charge in [0.05, 0.1) is 12.8 Å². The molecule has 1 aliphatic heterocycles. The van der Waals surface area contributed by atoms with E-state index >= 15 is 0 Å². The number of carboxylic acid groups (broad SMARTS) is 2. The van der Waals surface area contributed by atoms with Gasteiger partial charge < -0.3 is 41.7 Å². The molecule has 16 nitrogen and oxygen atoms in total. The third-order valence-electron chi connectivity index (χ3n) is 8.97. The lowest BCUT2D eigenvalue weighted by molar-refractivity contribution is -0.144. The van der Waals surface area contributed by atoms with Crippen LogP contribution < -0.4 is 26.6 Å². The van der Waals surface area contributed by atoms with Crippen LogP contribution in [0.3, 0.4) is 0 Å². The van der Waals surface area contributed by atoms with Crippen molar-refractivity contribution in [2.45, 2.75) is 124 Å². The number of nitrogens with zero attached hydrogens (tertiary/aromatic N) is 1. The number of nitrogens with one attached hydrogen (secondary N) is 5. The predicted octanol–water partition coefficient (Wildman–Crippen LogP) is 1.36. The molecule has 5 atom stereocenters. The normalized spacial score (nSPS) is 15.7. The third-order valence-corrected chi connectivity index (χ3v) is 8.97. The van der Waals surface area contributed by atoms with Gasteiger partial charge in [0.1, 0.15) is 30.2 Å². The first kappa shape index (κ1) is 45.1. The van der Waals surface area contributed by atoms with Crippen molar-refractivity contribution in [3.05, 3.63) is 35.9 Å². The molecule has 2 rings (SSSR count). The average molecular weight is 759 g/mol. The maximum absolute atomic E-state index is 13.9. The summed E-state index contributed by atoms with van der Waals surface area (Å²) >= 11 is 0. The van der Waals surface area contributed by atoms with Gasteiger partial charge in [-0.2, -0.15) is 0 Å². The molecule has 6 amide bonds. The van der Waals surface area contributed by atoms with Crippen molar-refractivity contribution in [1.82, 2.24) is 31.5 Å². The fourth-order valence-electron chi connectivity index (χ4n) is 5.95. The number of carbonyl (C=O) groups is 8. The Kier molecular flexibility index (Phi) is 17.6. The number of carbonyl (C=O) groups excluding carboxylic acids is 6. The number of likely N-dealkylation sites (tertiary alicyclic amines) is 1. The monoisotopic (exact) mass is 758 g/mol. The summed E-state index contributed by atoms with van der Waals surface area (Å²) in [6.07, 6.45) is 0.650. The van der Waals surface area contributed by atoms with E-state index in [1.54, 1.807) is 48.5 Å². The van der Waals surface area contributed by atoms with Crippen LogP contribution in [-0.4, -0.2) is 106 Å².